The van der Waals surface area contributed by atoms with E-state index in [-0.39, 0.29) is 0 Å². The third kappa shape index (κ3) is 4.44. The minimum Gasteiger partial charge on any atom is -0.441 e. The molecule has 108 valence electrons. The number of aryl methyl sites for hydroxylation is 1. The fourth-order valence-electron chi connectivity index (χ4n) is 1.93. The van der Waals surface area contributed by atoms with Crippen LogP contribution >= 0.6 is 15.9 Å². The largest absolute Gasteiger partial charge is 0.441 e. The summed E-state index contributed by atoms with van der Waals surface area (Å²) in [5.41, 5.74) is 2.23. The van der Waals surface area contributed by atoms with Crippen molar-refractivity contribution < 1.29 is 9.15 Å². The van der Waals surface area contributed by atoms with Crippen molar-refractivity contribution in [2.45, 2.75) is 13.3 Å². The highest BCUT2D eigenvalue weighted by Gasteiger charge is 2.07. The van der Waals surface area contributed by atoms with Crippen molar-refractivity contribution in [1.82, 2.24) is 10.3 Å². The van der Waals surface area contributed by atoms with Crippen LogP contribution in [0.5, 0.6) is 0 Å². The van der Waals surface area contributed by atoms with E-state index in [9.17, 15) is 0 Å². The van der Waals surface area contributed by atoms with Crippen molar-refractivity contribution in [2.75, 3.05) is 26.8 Å². The Balaban J connectivity index is 1.94. The number of halogens is 1. The van der Waals surface area contributed by atoms with Crippen LogP contribution in [-0.4, -0.2) is 31.8 Å². The minimum atomic E-state index is 0.716. The third-order valence-electron chi connectivity index (χ3n) is 2.88. The van der Waals surface area contributed by atoms with Gasteiger partial charge in [0.15, 0.2) is 11.7 Å². The molecule has 0 fully saturated rings. The molecule has 0 atom stereocenters. The quantitative estimate of drug-likeness (QED) is 0.787. The fraction of sp³-hybridized carbons (Fsp3) is 0.400. The van der Waals surface area contributed by atoms with E-state index in [4.69, 9.17) is 9.15 Å². The molecule has 0 saturated heterocycles. The number of nitrogens with one attached hydrogen (secondary N) is 1. The van der Waals surface area contributed by atoms with Crippen molar-refractivity contribution in [3.05, 3.63) is 40.3 Å². The van der Waals surface area contributed by atoms with Crippen molar-refractivity contribution >= 4 is 15.9 Å². The predicted molar refractivity (Wildman–Crippen MR) is 82.8 cm³/mol. The lowest BCUT2D eigenvalue weighted by atomic mass is 10.1. The van der Waals surface area contributed by atoms with Crippen LogP contribution < -0.4 is 5.32 Å². The molecule has 1 heterocycles. The highest BCUT2D eigenvalue weighted by Crippen LogP contribution is 2.25. The van der Waals surface area contributed by atoms with Crippen LogP contribution in [0, 0.1) is 6.92 Å². The summed E-state index contributed by atoms with van der Waals surface area (Å²) in [7, 11) is 1.70. The Morgan fingerprint density at radius 1 is 1.30 bits per heavy atom. The normalized spacial score (nSPS) is 10.9. The summed E-state index contributed by atoms with van der Waals surface area (Å²) >= 11 is 3.50. The van der Waals surface area contributed by atoms with E-state index in [1.807, 2.05) is 6.07 Å². The summed E-state index contributed by atoms with van der Waals surface area (Å²) in [5.74, 6) is 1.56. The molecule has 1 aromatic heterocycles. The van der Waals surface area contributed by atoms with Gasteiger partial charge in [-0.25, -0.2) is 4.98 Å². The molecule has 4 nitrogen and oxygen atoms in total. The van der Waals surface area contributed by atoms with Crippen LogP contribution in [0.2, 0.25) is 0 Å². The molecule has 1 N–H and O–H groups in total. The number of aromatic nitrogens is 1. The van der Waals surface area contributed by atoms with E-state index in [0.717, 1.165) is 41.2 Å². The molecule has 5 heteroatoms. The van der Waals surface area contributed by atoms with Gasteiger partial charge in [-0.05, 0) is 30.7 Å². The van der Waals surface area contributed by atoms with Gasteiger partial charge in [-0.3, -0.25) is 0 Å². The molecule has 0 saturated carbocycles. The molecule has 0 aliphatic carbocycles. The van der Waals surface area contributed by atoms with Gasteiger partial charge in [0.2, 0.25) is 0 Å². The maximum absolute atomic E-state index is 5.78. The van der Waals surface area contributed by atoms with Gasteiger partial charge in [-0.1, -0.05) is 15.9 Å². The number of ether oxygens (including phenoxy) is 1. The number of benzene rings is 1. The summed E-state index contributed by atoms with van der Waals surface area (Å²) in [6, 6.07) is 6.19. The zero-order valence-electron chi connectivity index (χ0n) is 11.8. The predicted octanol–water partition coefficient (Wildman–Crippen LogP) is 3.19. The van der Waals surface area contributed by atoms with Gasteiger partial charge in [0.25, 0.3) is 0 Å². The first-order chi connectivity index (χ1) is 9.69. The molecular weight excluding hydrogens is 320 g/mol. The summed E-state index contributed by atoms with van der Waals surface area (Å²) in [6.07, 6.45) is 2.56. The fourth-order valence-corrected chi connectivity index (χ4v) is 2.54. The maximum Gasteiger partial charge on any atom is 0.196 e. The average Bonchev–Trinajstić information content (AvgIpc) is 2.86. The Hall–Kier alpha value is -1.17. The Kier molecular flexibility index (Phi) is 5.76. The third-order valence-corrected chi connectivity index (χ3v) is 3.34. The zero-order chi connectivity index (χ0) is 14.4. The Morgan fingerprint density at radius 3 is 2.90 bits per heavy atom. The van der Waals surface area contributed by atoms with Gasteiger partial charge in [-0.15, -0.1) is 0 Å². The van der Waals surface area contributed by atoms with Gasteiger partial charge in [-0.2, -0.15) is 0 Å². The van der Waals surface area contributed by atoms with Crippen molar-refractivity contribution in [3.8, 4) is 11.3 Å². The molecule has 0 amide bonds. The van der Waals surface area contributed by atoms with Crippen LogP contribution in [0.1, 0.15) is 11.5 Å². The first-order valence-electron chi connectivity index (χ1n) is 6.61. The highest BCUT2D eigenvalue weighted by atomic mass is 79.9. The number of hydrogen-bond donors (Lipinski definition) is 1. The monoisotopic (exact) mass is 338 g/mol. The first kappa shape index (κ1) is 15.2. The van der Waals surface area contributed by atoms with Gasteiger partial charge < -0.3 is 14.5 Å². The lowest BCUT2D eigenvalue weighted by Crippen LogP contribution is -2.21. The van der Waals surface area contributed by atoms with E-state index in [1.165, 1.54) is 5.56 Å². The zero-order valence-corrected chi connectivity index (χ0v) is 13.4. The average molecular weight is 339 g/mol. The molecule has 0 spiro atoms. The number of nitrogens with zero attached hydrogens (tertiary/aromatic N) is 1. The van der Waals surface area contributed by atoms with Crippen molar-refractivity contribution in [3.63, 3.8) is 0 Å². The number of oxazole rings is 1. The molecule has 0 aliphatic rings. The molecule has 2 rings (SSSR count). The Morgan fingerprint density at radius 2 is 2.15 bits per heavy atom. The van der Waals surface area contributed by atoms with Crippen LogP contribution in [0.3, 0.4) is 0 Å². The summed E-state index contributed by atoms with van der Waals surface area (Å²) in [6.45, 7) is 4.45. The smallest absolute Gasteiger partial charge is 0.196 e. The second-order valence-electron chi connectivity index (χ2n) is 4.63. The number of rotatable bonds is 7. The van der Waals surface area contributed by atoms with Crippen molar-refractivity contribution in [2.24, 2.45) is 0 Å². The standard InChI is InChI=1S/C15H19BrN2O2/c1-11-7-12(9-13(16)8-11)14-10-18-15(20-14)3-4-17-5-6-19-2/h7-10,17H,3-6H2,1-2H3. The SMILES string of the molecule is COCCNCCc1ncc(-c2cc(C)cc(Br)c2)o1. The molecule has 20 heavy (non-hydrogen) atoms. The molecule has 0 radical (unpaired) electrons. The van der Waals surface area contributed by atoms with Crippen LogP contribution in [0.15, 0.2) is 33.3 Å². The lowest BCUT2D eigenvalue weighted by Gasteiger charge is -2.02. The van der Waals surface area contributed by atoms with Crippen LogP contribution in [0.25, 0.3) is 11.3 Å². The second-order valence-corrected chi connectivity index (χ2v) is 5.54. The maximum atomic E-state index is 5.78. The molecular formula is C15H19BrN2O2. The van der Waals surface area contributed by atoms with E-state index in [0.29, 0.717) is 6.61 Å². The number of hydrogen-bond acceptors (Lipinski definition) is 4. The van der Waals surface area contributed by atoms with Crippen LogP contribution in [-0.2, 0) is 11.2 Å². The topological polar surface area (TPSA) is 47.3 Å². The van der Waals surface area contributed by atoms with Gasteiger partial charge in [0.05, 0.1) is 12.8 Å². The van der Waals surface area contributed by atoms with Gasteiger partial charge in [0, 0.05) is 36.7 Å². The lowest BCUT2D eigenvalue weighted by molar-refractivity contribution is 0.199. The van der Waals surface area contributed by atoms with Gasteiger partial charge in [0.1, 0.15) is 0 Å². The van der Waals surface area contributed by atoms with Crippen molar-refractivity contribution in [1.29, 1.82) is 0 Å². The second kappa shape index (κ2) is 7.57. The summed E-state index contributed by atoms with van der Waals surface area (Å²) < 4.78 is 11.8. The van der Waals surface area contributed by atoms with Crippen LogP contribution in [0.4, 0.5) is 0 Å². The Bertz CT molecular complexity index is 534. The molecule has 2 aromatic rings. The van der Waals surface area contributed by atoms with Gasteiger partial charge >= 0.3 is 0 Å². The summed E-state index contributed by atoms with van der Waals surface area (Å²) in [5, 5.41) is 3.27. The molecule has 0 aliphatic heterocycles. The molecule has 0 unspecified atom stereocenters. The van der Waals surface area contributed by atoms with E-state index in [2.05, 4.69) is 45.3 Å². The van der Waals surface area contributed by atoms with E-state index < -0.39 is 0 Å². The molecule has 1 aromatic carbocycles. The minimum absolute atomic E-state index is 0.716. The first-order valence-corrected chi connectivity index (χ1v) is 7.40. The summed E-state index contributed by atoms with van der Waals surface area (Å²) in [4.78, 5) is 4.32. The van der Waals surface area contributed by atoms with E-state index >= 15 is 0 Å². The Labute approximate surface area is 127 Å². The van der Waals surface area contributed by atoms with E-state index in [1.54, 1.807) is 13.3 Å². The highest BCUT2D eigenvalue weighted by molar-refractivity contribution is 9.10. The molecule has 0 bridgehead atoms. The number of methoxy groups -OCH3 is 1.